The fraction of sp³-hybridized carbons (Fsp3) is 0. The smallest absolute Gasteiger partial charge is 0.189 e. The lowest BCUT2D eigenvalue weighted by Gasteiger charge is -1.97. The van der Waals surface area contributed by atoms with Crippen molar-refractivity contribution in [2.24, 2.45) is 0 Å². The van der Waals surface area contributed by atoms with Crippen molar-refractivity contribution >= 4 is 16.6 Å². The molecular formula is C11H9N3O. The minimum Gasteiger partial charge on any atom is -0.394 e. The van der Waals surface area contributed by atoms with E-state index >= 15 is 0 Å². The number of benzene rings is 1. The predicted molar refractivity (Wildman–Crippen MR) is 58.2 cm³/mol. The van der Waals surface area contributed by atoms with Crippen LogP contribution in [0.15, 0.2) is 41.2 Å². The third kappa shape index (κ3) is 1.19. The maximum atomic E-state index is 5.73. The average Bonchev–Trinajstić information content (AvgIpc) is 2.84. The Kier molecular flexibility index (Phi) is 1.56. The van der Waals surface area contributed by atoms with Crippen molar-refractivity contribution in [2.45, 2.75) is 0 Å². The molecule has 0 aliphatic rings. The average molecular weight is 199 g/mol. The van der Waals surface area contributed by atoms with Crippen LogP contribution in [-0.2, 0) is 0 Å². The first kappa shape index (κ1) is 8.11. The number of nitrogens with zero attached hydrogens (tertiary/aromatic N) is 1. The molecule has 0 atom stereocenters. The molecule has 0 aliphatic carbocycles. The fourth-order valence-corrected chi connectivity index (χ4v) is 1.66. The SMILES string of the molecule is Nc1cnoc1-c1ccc2cc[nH]c2c1. The molecule has 2 aromatic heterocycles. The van der Waals surface area contributed by atoms with Gasteiger partial charge in [0.1, 0.15) is 5.69 Å². The molecule has 0 bridgehead atoms. The van der Waals surface area contributed by atoms with Gasteiger partial charge in [-0.25, -0.2) is 0 Å². The van der Waals surface area contributed by atoms with Crippen LogP contribution in [0.25, 0.3) is 22.2 Å². The highest BCUT2D eigenvalue weighted by Gasteiger charge is 2.08. The molecule has 0 amide bonds. The topological polar surface area (TPSA) is 67.8 Å². The van der Waals surface area contributed by atoms with E-state index in [0.717, 1.165) is 16.5 Å². The van der Waals surface area contributed by atoms with E-state index in [1.807, 2.05) is 30.5 Å². The highest BCUT2D eigenvalue weighted by atomic mass is 16.5. The van der Waals surface area contributed by atoms with Crippen LogP contribution >= 0.6 is 0 Å². The summed E-state index contributed by atoms with van der Waals surface area (Å²) in [5.41, 5.74) is 8.27. The van der Waals surface area contributed by atoms with Gasteiger partial charge in [0.25, 0.3) is 0 Å². The normalized spacial score (nSPS) is 10.9. The maximum absolute atomic E-state index is 5.73. The Bertz CT molecular complexity index is 609. The highest BCUT2D eigenvalue weighted by Crippen LogP contribution is 2.27. The van der Waals surface area contributed by atoms with Crippen LogP contribution in [0.1, 0.15) is 0 Å². The van der Waals surface area contributed by atoms with Gasteiger partial charge in [-0.15, -0.1) is 0 Å². The standard InChI is InChI=1S/C11H9N3O/c12-9-6-14-15-11(9)8-2-1-7-3-4-13-10(7)5-8/h1-6,13H,12H2. The van der Waals surface area contributed by atoms with E-state index in [0.29, 0.717) is 11.4 Å². The monoisotopic (exact) mass is 199 g/mol. The number of aromatic amines is 1. The predicted octanol–water partition coefficient (Wildman–Crippen LogP) is 2.41. The minimum atomic E-state index is 0.556. The van der Waals surface area contributed by atoms with Gasteiger partial charge < -0.3 is 15.2 Å². The van der Waals surface area contributed by atoms with Gasteiger partial charge in [0.15, 0.2) is 5.76 Å². The molecule has 3 rings (SSSR count). The zero-order valence-electron chi connectivity index (χ0n) is 7.90. The summed E-state index contributed by atoms with van der Waals surface area (Å²) in [4.78, 5) is 3.14. The first-order valence-corrected chi connectivity index (χ1v) is 4.62. The molecular weight excluding hydrogens is 190 g/mol. The molecule has 4 nitrogen and oxygen atoms in total. The van der Waals surface area contributed by atoms with Gasteiger partial charge in [-0.2, -0.15) is 0 Å². The van der Waals surface area contributed by atoms with Crippen LogP contribution in [0.2, 0.25) is 0 Å². The quantitative estimate of drug-likeness (QED) is 0.632. The molecule has 1 aromatic carbocycles. The van der Waals surface area contributed by atoms with E-state index < -0.39 is 0 Å². The highest BCUT2D eigenvalue weighted by molar-refractivity contribution is 5.85. The van der Waals surface area contributed by atoms with Gasteiger partial charge in [-0.05, 0) is 17.5 Å². The van der Waals surface area contributed by atoms with Crippen molar-refractivity contribution in [3.05, 3.63) is 36.7 Å². The number of H-pyrrole nitrogens is 1. The molecule has 2 heterocycles. The Morgan fingerprint density at radius 2 is 2.20 bits per heavy atom. The van der Waals surface area contributed by atoms with E-state index in [9.17, 15) is 0 Å². The van der Waals surface area contributed by atoms with Crippen LogP contribution in [0.3, 0.4) is 0 Å². The van der Waals surface area contributed by atoms with Crippen molar-refractivity contribution in [3.63, 3.8) is 0 Å². The largest absolute Gasteiger partial charge is 0.394 e. The zero-order valence-corrected chi connectivity index (χ0v) is 7.90. The second-order valence-corrected chi connectivity index (χ2v) is 3.39. The number of nitrogens with one attached hydrogen (secondary N) is 1. The molecule has 0 aliphatic heterocycles. The van der Waals surface area contributed by atoms with Gasteiger partial charge in [0, 0.05) is 17.3 Å². The summed E-state index contributed by atoms with van der Waals surface area (Å²) >= 11 is 0. The van der Waals surface area contributed by atoms with Crippen LogP contribution < -0.4 is 5.73 Å². The molecule has 0 spiro atoms. The number of nitrogen functional groups attached to an aromatic ring is 1. The lowest BCUT2D eigenvalue weighted by molar-refractivity contribution is 0.432. The van der Waals surface area contributed by atoms with Crippen molar-refractivity contribution < 1.29 is 4.52 Å². The lowest BCUT2D eigenvalue weighted by atomic mass is 10.1. The second-order valence-electron chi connectivity index (χ2n) is 3.39. The Labute approximate surface area is 85.7 Å². The van der Waals surface area contributed by atoms with Gasteiger partial charge in [0.05, 0.1) is 6.20 Å². The summed E-state index contributed by atoms with van der Waals surface area (Å²) in [6.07, 6.45) is 3.41. The molecule has 0 radical (unpaired) electrons. The molecule has 0 saturated heterocycles. The zero-order chi connectivity index (χ0) is 10.3. The number of rotatable bonds is 1. The number of fused-ring (bicyclic) bond motifs is 1. The molecule has 3 aromatic rings. The Balaban J connectivity index is 2.23. The third-order valence-corrected chi connectivity index (χ3v) is 2.42. The summed E-state index contributed by atoms with van der Waals surface area (Å²) < 4.78 is 5.09. The van der Waals surface area contributed by atoms with Gasteiger partial charge >= 0.3 is 0 Å². The third-order valence-electron chi connectivity index (χ3n) is 2.42. The number of hydrogen-bond donors (Lipinski definition) is 2. The number of aromatic nitrogens is 2. The number of hydrogen-bond acceptors (Lipinski definition) is 3. The molecule has 15 heavy (non-hydrogen) atoms. The van der Waals surface area contributed by atoms with Crippen molar-refractivity contribution in [3.8, 4) is 11.3 Å². The van der Waals surface area contributed by atoms with Crippen molar-refractivity contribution in [1.29, 1.82) is 0 Å². The first-order valence-electron chi connectivity index (χ1n) is 4.62. The first-order chi connectivity index (χ1) is 7.34. The summed E-state index contributed by atoms with van der Waals surface area (Å²) in [5, 5.41) is 4.82. The van der Waals surface area contributed by atoms with E-state index in [4.69, 9.17) is 10.3 Å². The van der Waals surface area contributed by atoms with E-state index in [-0.39, 0.29) is 0 Å². The van der Waals surface area contributed by atoms with Crippen LogP contribution in [0.5, 0.6) is 0 Å². The van der Waals surface area contributed by atoms with Crippen molar-refractivity contribution in [2.75, 3.05) is 5.73 Å². The molecule has 0 unspecified atom stereocenters. The Morgan fingerprint density at radius 3 is 3.00 bits per heavy atom. The molecule has 0 fully saturated rings. The minimum absolute atomic E-state index is 0.556. The van der Waals surface area contributed by atoms with Gasteiger partial charge in [-0.3, -0.25) is 0 Å². The van der Waals surface area contributed by atoms with Crippen LogP contribution in [0, 0.1) is 0 Å². The van der Waals surface area contributed by atoms with Crippen molar-refractivity contribution in [1.82, 2.24) is 10.1 Å². The van der Waals surface area contributed by atoms with Crippen LogP contribution in [0.4, 0.5) is 5.69 Å². The summed E-state index contributed by atoms with van der Waals surface area (Å²) in [7, 11) is 0. The van der Waals surface area contributed by atoms with Gasteiger partial charge in [0.2, 0.25) is 0 Å². The molecule has 0 saturated carbocycles. The fourth-order valence-electron chi connectivity index (χ4n) is 1.66. The second kappa shape index (κ2) is 2.88. The van der Waals surface area contributed by atoms with E-state index in [1.165, 1.54) is 6.20 Å². The van der Waals surface area contributed by atoms with Gasteiger partial charge in [-0.1, -0.05) is 17.3 Å². The molecule has 74 valence electrons. The van der Waals surface area contributed by atoms with E-state index in [1.54, 1.807) is 0 Å². The summed E-state index contributed by atoms with van der Waals surface area (Å²) in [5.74, 6) is 0.617. The number of anilines is 1. The number of nitrogens with two attached hydrogens (primary N) is 1. The Morgan fingerprint density at radius 1 is 1.27 bits per heavy atom. The molecule has 4 heteroatoms. The Hall–Kier alpha value is -2.23. The maximum Gasteiger partial charge on any atom is 0.189 e. The lowest BCUT2D eigenvalue weighted by Crippen LogP contribution is -1.84. The molecule has 3 N–H and O–H groups in total. The van der Waals surface area contributed by atoms with Crippen LogP contribution in [-0.4, -0.2) is 10.1 Å². The summed E-state index contributed by atoms with van der Waals surface area (Å²) in [6.45, 7) is 0. The summed E-state index contributed by atoms with van der Waals surface area (Å²) in [6, 6.07) is 7.99. The van der Waals surface area contributed by atoms with E-state index in [2.05, 4.69) is 10.1 Å².